The van der Waals surface area contributed by atoms with Crippen molar-refractivity contribution in [1.29, 1.82) is 0 Å². The van der Waals surface area contributed by atoms with Gasteiger partial charge in [-0.25, -0.2) is 0 Å². The summed E-state index contributed by atoms with van der Waals surface area (Å²) in [4.78, 5) is 24.0. The van der Waals surface area contributed by atoms with Crippen molar-refractivity contribution in [2.75, 3.05) is 20.3 Å². The molecule has 0 radical (unpaired) electrons. The number of rotatable bonds is 6. The standard InChI is InChI=1S/C11H15NO3S/c1-8(13)10-4-3-9(16-10)5-6-12-11(14)7-15-2/h3-4H,5-7H2,1-2H3,(H,12,14). The Bertz CT molecular complexity index is 373. The molecule has 0 aliphatic carbocycles. The zero-order valence-corrected chi connectivity index (χ0v) is 10.2. The second-order valence-electron chi connectivity index (χ2n) is 3.36. The number of carbonyl (C=O) groups is 2. The minimum atomic E-state index is -0.120. The third-order valence-electron chi connectivity index (χ3n) is 1.98. The molecule has 0 spiro atoms. The van der Waals surface area contributed by atoms with Gasteiger partial charge in [0.1, 0.15) is 6.61 Å². The summed E-state index contributed by atoms with van der Waals surface area (Å²) in [6, 6.07) is 3.74. The van der Waals surface area contributed by atoms with Crippen LogP contribution in [-0.4, -0.2) is 32.0 Å². The zero-order valence-electron chi connectivity index (χ0n) is 9.41. The predicted molar refractivity (Wildman–Crippen MR) is 62.9 cm³/mol. The Labute approximate surface area is 98.6 Å². The Kier molecular flexibility index (Phi) is 5.14. The van der Waals surface area contributed by atoms with Crippen LogP contribution in [0.2, 0.25) is 0 Å². The molecular formula is C11H15NO3S. The summed E-state index contributed by atoms with van der Waals surface area (Å²) in [6.07, 6.45) is 0.743. The van der Waals surface area contributed by atoms with Gasteiger partial charge >= 0.3 is 0 Å². The Morgan fingerprint density at radius 2 is 2.19 bits per heavy atom. The van der Waals surface area contributed by atoms with Crippen molar-refractivity contribution in [2.24, 2.45) is 0 Å². The maximum atomic E-state index is 11.1. The van der Waals surface area contributed by atoms with E-state index in [0.717, 1.165) is 16.2 Å². The molecule has 1 N–H and O–H groups in total. The van der Waals surface area contributed by atoms with Gasteiger partial charge in [0.05, 0.1) is 4.88 Å². The number of ether oxygens (including phenoxy) is 1. The zero-order chi connectivity index (χ0) is 12.0. The van der Waals surface area contributed by atoms with Crippen LogP contribution in [0.1, 0.15) is 21.5 Å². The molecule has 0 aliphatic heterocycles. The van der Waals surface area contributed by atoms with E-state index in [9.17, 15) is 9.59 Å². The van der Waals surface area contributed by atoms with E-state index in [0.29, 0.717) is 6.54 Å². The van der Waals surface area contributed by atoms with E-state index >= 15 is 0 Å². The maximum absolute atomic E-state index is 11.1. The maximum Gasteiger partial charge on any atom is 0.245 e. The lowest BCUT2D eigenvalue weighted by atomic mass is 10.3. The van der Waals surface area contributed by atoms with Gasteiger partial charge < -0.3 is 10.1 Å². The molecule has 0 unspecified atom stereocenters. The van der Waals surface area contributed by atoms with Gasteiger partial charge in [-0.1, -0.05) is 0 Å². The number of amides is 1. The number of thiophene rings is 1. The van der Waals surface area contributed by atoms with Gasteiger partial charge in [0.25, 0.3) is 0 Å². The topological polar surface area (TPSA) is 55.4 Å². The quantitative estimate of drug-likeness (QED) is 0.763. The number of hydrogen-bond donors (Lipinski definition) is 1. The molecule has 4 nitrogen and oxygen atoms in total. The van der Waals surface area contributed by atoms with E-state index in [2.05, 4.69) is 10.1 Å². The normalized spacial score (nSPS) is 10.1. The molecular weight excluding hydrogens is 226 g/mol. The average Bonchev–Trinajstić information content (AvgIpc) is 2.67. The lowest BCUT2D eigenvalue weighted by Gasteiger charge is -2.02. The van der Waals surface area contributed by atoms with E-state index in [-0.39, 0.29) is 18.3 Å². The first-order valence-corrected chi connectivity index (χ1v) is 5.80. The van der Waals surface area contributed by atoms with Crippen molar-refractivity contribution in [2.45, 2.75) is 13.3 Å². The number of hydrogen-bond acceptors (Lipinski definition) is 4. The van der Waals surface area contributed by atoms with Crippen molar-refractivity contribution < 1.29 is 14.3 Å². The van der Waals surface area contributed by atoms with Crippen LogP contribution in [0.25, 0.3) is 0 Å². The lowest BCUT2D eigenvalue weighted by molar-refractivity contribution is -0.124. The summed E-state index contributed by atoms with van der Waals surface area (Å²) >= 11 is 1.47. The van der Waals surface area contributed by atoms with Crippen LogP contribution < -0.4 is 5.32 Å². The summed E-state index contributed by atoms with van der Waals surface area (Å²) in [6.45, 7) is 2.21. The van der Waals surface area contributed by atoms with Gasteiger partial charge in [-0.05, 0) is 25.5 Å². The van der Waals surface area contributed by atoms with Crippen molar-refractivity contribution >= 4 is 23.0 Å². The SMILES string of the molecule is COCC(=O)NCCc1ccc(C(C)=O)s1. The molecule has 1 heterocycles. The first-order valence-electron chi connectivity index (χ1n) is 4.98. The fourth-order valence-corrected chi connectivity index (χ4v) is 2.11. The summed E-state index contributed by atoms with van der Waals surface area (Å²) in [7, 11) is 1.48. The predicted octanol–water partition coefficient (Wildman–Crippen LogP) is 1.26. The lowest BCUT2D eigenvalue weighted by Crippen LogP contribution is -2.28. The highest BCUT2D eigenvalue weighted by molar-refractivity contribution is 7.14. The smallest absolute Gasteiger partial charge is 0.245 e. The third-order valence-corrected chi connectivity index (χ3v) is 3.22. The molecule has 16 heavy (non-hydrogen) atoms. The van der Waals surface area contributed by atoms with Crippen molar-refractivity contribution in [3.05, 3.63) is 21.9 Å². The third kappa shape index (κ3) is 4.12. The van der Waals surface area contributed by atoms with Gasteiger partial charge in [-0.3, -0.25) is 9.59 Å². The van der Waals surface area contributed by atoms with E-state index in [1.807, 2.05) is 12.1 Å². The summed E-state index contributed by atoms with van der Waals surface area (Å²) in [5.74, 6) is -0.0366. The van der Waals surface area contributed by atoms with E-state index in [4.69, 9.17) is 0 Å². The first-order chi connectivity index (χ1) is 7.63. The highest BCUT2D eigenvalue weighted by Crippen LogP contribution is 2.16. The molecule has 0 bridgehead atoms. The molecule has 88 valence electrons. The van der Waals surface area contributed by atoms with Crippen LogP contribution in [0.4, 0.5) is 0 Å². The van der Waals surface area contributed by atoms with Gasteiger partial charge in [0.2, 0.25) is 5.91 Å². The molecule has 1 aromatic heterocycles. The largest absolute Gasteiger partial charge is 0.375 e. The van der Waals surface area contributed by atoms with E-state index in [1.54, 1.807) is 6.92 Å². The number of ketones is 1. The number of carbonyl (C=O) groups excluding carboxylic acids is 2. The molecule has 0 fully saturated rings. The number of nitrogens with one attached hydrogen (secondary N) is 1. The molecule has 0 saturated heterocycles. The minimum absolute atomic E-state index is 0.0830. The molecule has 5 heteroatoms. The van der Waals surface area contributed by atoms with Crippen LogP contribution >= 0.6 is 11.3 Å². The van der Waals surface area contributed by atoms with Crippen LogP contribution in [0.3, 0.4) is 0 Å². The van der Waals surface area contributed by atoms with Gasteiger partial charge in [0, 0.05) is 18.5 Å². The monoisotopic (exact) mass is 241 g/mol. The fraction of sp³-hybridized carbons (Fsp3) is 0.455. The van der Waals surface area contributed by atoms with Crippen LogP contribution in [0.15, 0.2) is 12.1 Å². The second-order valence-corrected chi connectivity index (χ2v) is 4.52. The molecule has 0 aromatic carbocycles. The molecule has 1 aromatic rings. The summed E-state index contributed by atoms with van der Waals surface area (Å²) in [5.41, 5.74) is 0. The molecule has 1 rings (SSSR count). The average molecular weight is 241 g/mol. The van der Waals surface area contributed by atoms with Gasteiger partial charge in [-0.15, -0.1) is 11.3 Å². The van der Waals surface area contributed by atoms with Crippen LogP contribution in [-0.2, 0) is 16.0 Å². The highest BCUT2D eigenvalue weighted by atomic mass is 32.1. The summed E-state index contributed by atoms with van der Waals surface area (Å²) < 4.78 is 4.69. The number of Topliss-reactive ketones (excluding diaryl/α,β-unsaturated/α-hetero) is 1. The molecule has 0 atom stereocenters. The first kappa shape index (κ1) is 12.9. The van der Waals surface area contributed by atoms with Crippen LogP contribution in [0.5, 0.6) is 0 Å². The fourth-order valence-electron chi connectivity index (χ4n) is 1.21. The van der Waals surface area contributed by atoms with Gasteiger partial charge in [0.15, 0.2) is 5.78 Å². The van der Waals surface area contributed by atoms with E-state index < -0.39 is 0 Å². The molecule has 0 aliphatic rings. The number of methoxy groups -OCH3 is 1. The molecule has 1 amide bonds. The van der Waals surface area contributed by atoms with Crippen molar-refractivity contribution in [3.63, 3.8) is 0 Å². The van der Waals surface area contributed by atoms with Crippen molar-refractivity contribution in [3.8, 4) is 0 Å². The molecule has 0 saturated carbocycles. The Balaban J connectivity index is 2.32. The Morgan fingerprint density at radius 3 is 2.75 bits per heavy atom. The van der Waals surface area contributed by atoms with Crippen LogP contribution in [0, 0.1) is 0 Å². The van der Waals surface area contributed by atoms with Crippen molar-refractivity contribution in [1.82, 2.24) is 5.32 Å². The minimum Gasteiger partial charge on any atom is -0.375 e. The summed E-state index contributed by atoms with van der Waals surface area (Å²) in [5, 5.41) is 2.73. The Morgan fingerprint density at radius 1 is 1.44 bits per heavy atom. The highest BCUT2D eigenvalue weighted by Gasteiger charge is 2.04. The van der Waals surface area contributed by atoms with Gasteiger partial charge in [-0.2, -0.15) is 0 Å². The van der Waals surface area contributed by atoms with E-state index in [1.165, 1.54) is 18.4 Å². The Hall–Kier alpha value is -1.20. The second kappa shape index (κ2) is 6.40.